The minimum Gasteiger partial charge on any atom is -0.325 e. The highest BCUT2D eigenvalue weighted by Crippen LogP contribution is 2.26. The number of anilines is 2. The van der Waals surface area contributed by atoms with E-state index in [-0.39, 0.29) is 0 Å². The lowest BCUT2D eigenvalue weighted by atomic mass is 10.2. The number of nitrogens with zero attached hydrogens (tertiary/aromatic N) is 3. The van der Waals surface area contributed by atoms with Gasteiger partial charge in [0, 0.05) is 17.8 Å². The molecule has 2 heterocycles. The number of aromatic nitrogens is 3. The van der Waals surface area contributed by atoms with Crippen LogP contribution in [0.2, 0.25) is 0 Å². The molecule has 0 spiro atoms. The Morgan fingerprint density at radius 1 is 0.750 bits per heavy atom. The van der Waals surface area contributed by atoms with Crippen molar-refractivity contribution >= 4 is 11.6 Å². The molecule has 4 rings (SSSR count). The molecule has 0 bridgehead atoms. The molecule has 0 aliphatic heterocycles. The Morgan fingerprint density at radius 3 is 2.17 bits per heavy atom. The first-order valence-electron chi connectivity index (χ1n) is 7.79. The summed E-state index contributed by atoms with van der Waals surface area (Å²) in [6.45, 7) is 0. The van der Waals surface area contributed by atoms with Crippen LogP contribution in [0.1, 0.15) is 0 Å². The van der Waals surface area contributed by atoms with Crippen LogP contribution in [-0.4, -0.2) is 14.8 Å². The first-order valence-corrected chi connectivity index (χ1v) is 7.79. The standard InChI is InChI=1S/C20H16N4/c1-3-9-16(10-4-1)18-15-20(22-19-13-7-8-14-21-19)24(23-18)17-11-5-2-6-12-17/h1-15H,(H,21,22). The molecule has 4 nitrogen and oxygen atoms in total. The molecule has 4 heteroatoms. The predicted molar refractivity (Wildman–Crippen MR) is 96.5 cm³/mol. The zero-order chi connectivity index (χ0) is 16.2. The van der Waals surface area contributed by atoms with E-state index in [0.29, 0.717) is 0 Å². The summed E-state index contributed by atoms with van der Waals surface area (Å²) in [7, 11) is 0. The normalized spacial score (nSPS) is 10.5. The summed E-state index contributed by atoms with van der Waals surface area (Å²) in [6.07, 6.45) is 1.77. The van der Waals surface area contributed by atoms with Gasteiger partial charge in [0.15, 0.2) is 0 Å². The molecule has 0 atom stereocenters. The Kier molecular flexibility index (Phi) is 3.78. The first-order chi connectivity index (χ1) is 11.9. The number of pyridine rings is 1. The second-order valence-corrected chi connectivity index (χ2v) is 5.37. The van der Waals surface area contributed by atoms with Gasteiger partial charge < -0.3 is 5.32 Å². The molecule has 0 amide bonds. The van der Waals surface area contributed by atoms with Gasteiger partial charge in [-0.25, -0.2) is 9.67 Å². The lowest BCUT2D eigenvalue weighted by molar-refractivity contribution is 0.891. The average molecular weight is 312 g/mol. The molecule has 0 radical (unpaired) electrons. The Labute approximate surface area is 140 Å². The molecule has 0 saturated carbocycles. The van der Waals surface area contributed by atoms with Gasteiger partial charge in [-0.15, -0.1) is 0 Å². The number of rotatable bonds is 4. The van der Waals surface area contributed by atoms with Crippen LogP contribution >= 0.6 is 0 Å². The molecule has 0 saturated heterocycles. The summed E-state index contributed by atoms with van der Waals surface area (Å²) in [5.41, 5.74) is 2.99. The van der Waals surface area contributed by atoms with Crippen molar-refractivity contribution in [3.05, 3.63) is 91.1 Å². The largest absolute Gasteiger partial charge is 0.325 e. The summed E-state index contributed by atoms with van der Waals surface area (Å²) in [6, 6.07) is 28.1. The van der Waals surface area contributed by atoms with E-state index < -0.39 is 0 Å². The van der Waals surface area contributed by atoms with Crippen molar-refractivity contribution in [3.8, 4) is 16.9 Å². The van der Waals surface area contributed by atoms with Gasteiger partial charge in [0.25, 0.3) is 0 Å². The smallest absolute Gasteiger partial charge is 0.135 e. The minimum absolute atomic E-state index is 0.786. The van der Waals surface area contributed by atoms with Gasteiger partial charge in [-0.2, -0.15) is 5.10 Å². The summed E-state index contributed by atoms with van der Waals surface area (Å²) >= 11 is 0. The fourth-order valence-corrected chi connectivity index (χ4v) is 2.55. The molecule has 24 heavy (non-hydrogen) atoms. The third-order valence-corrected chi connectivity index (χ3v) is 3.70. The predicted octanol–water partition coefficient (Wildman–Crippen LogP) is 4.68. The summed E-state index contributed by atoms with van der Waals surface area (Å²) in [4.78, 5) is 4.34. The lowest BCUT2D eigenvalue weighted by Crippen LogP contribution is -2.03. The van der Waals surface area contributed by atoms with Gasteiger partial charge >= 0.3 is 0 Å². The van der Waals surface area contributed by atoms with Crippen molar-refractivity contribution < 1.29 is 0 Å². The highest BCUT2D eigenvalue weighted by molar-refractivity contribution is 5.67. The van der Waals surface area contributed by atoms with E-state index in [1.165, 1.54) is 0 Å². The molecule has 1 N–H and O–H groups in total. The molecule has 2 aromatic heterocycles. The van der Waals surface area contributed by atoms with E-state index in [0.717, 1.165) is 28.6 Å². The van der Waals surface area contributed by atoms with Gasteiger partial charge in [0.1, 0.15) is 11.6 Å². The SMILES string of the molecule is c1ccc(-c2cc(Nc3ccccn3)n(-c3ccccc3)n2)cc1. The third kappa shape index (κ3) is 2.90. The first kappa shape index (κ1) is 14.2. The van der Waals surface area contributed by atoms with Gasteiger partial charge in [0.05, 0.1) is 11.4 Å². The summed E-state index contributed by atoms with van der Waals surface area (Å²) < 4.78 is 1.90. The van der Waals surface area contributed by atoms with Crippen LogP contribution in [0.3, 0.4) is 0 Å². The van der Waals surface area contributed by atoms with E-state index in [4.69, 9.17) is 5.10 Å². The van der Waals surface area contributed by atoms with Crippen LogP contribution in [-0.2, 0) is 0 Å². The van der Waals surface area contributed by atoms with Crippen molar-refractivity contribution in [1.82, 2.24) is 14.8 Å². The van der Waals surface area contributed by atoms with E-state index >= 15 is 0 Å². The van der Waals surface area contributed by atoms with Gasteiger partial charge in [-0.1, -0.05) is 54.6 Å². The van der Waals surface area contributed by atoms with E-state index in [1.54, 1.807) is 6.20 Å². The number of nitrogens with one attached hydrogen (secondary N) is 1. The average Bonchev–Trinajstić information content (AvgIpc) is 3.08. The van der Waals surface area contributed by atoms with Crippen molar-refractivity contribution in [2.45, 2.75) is 0 Å². The van der Waals surface area contributed by atoms with Crippen LogP contribution in [0.15, 0.2) is 91.1 Å². The van der Waals surface area contributed by atoms with Crippen LogP contribution in [0.4, 0.5) is 11.6 Å². The minimum atomic E-state index is 0.786. The molecule has 0 unspecified atom stereocenters. The second kappa shape index (κ2) is 6.38. The zero-order valence-corrected chi connectivity index (χ0v) is 13.0. The van der Waals surface area contributed by atoms with Gasteiger partial charge in [-0.05, 0) is 24.3 Å². The number of benzene rings is 2. The monoisotopic (exact) mass is 312 g/mol. The maximum atomic E-state index is 4.77. The molecule has 0 fully saturated rings. The Bertz CT molecular complexity index is 916. The maximum absolute atomic E-state index is 4.77. The van der Waals surface area contributed by atoms with Crippen LogP contribution in [0.25, 0.3) is 16.9 Å². The highest BCUT2D eigenvalue weighted by atomic mass is 15.3. The molecule has 116 valence electrons. The summed E-state index contributed by atoms with van der Waals surface area (Å²) in [5, 5.41) is 8.12. The van der Waals surface area contributed by atoms with Crippen LogP contribution in [0.5, 0.6) is 0 Å². The van der Waals surface area contributed by atoms with E-state index in [1.807, 2.05) is 77.5 Å². The van der Waals surface area contributed by atoms with E-state index in [9.17, 15) is 0 Å². The number of hydrogen-bond donors (Lipinski definition) is 1. The number of hydrogen-bond acceptors (Lipinski definition) is 3. The Balaban J connectivity index is 1.80. The molecule has 2 aromatic carbocycles. The van der Waals surface area contributed by atoms with E-state index in [2.05, 4.69) is 22.4 Å². The molecule has 4 aromatic rings. The highest BCUT2D eigenvalue weighted by Gasteiger charge is 2.11. The molecule has 0 aliphatic carbocycles. The topological polar surface area (TPSA) is 42.7 Å². The fraction of sp³-hybridized carbons (Fsp3) is 0. The molecular formula is C20H16N4. The maximum Gasteiger partial charge on any atom is 0.135 e. The van der Waals surface area contributed by atoms with Gasteiger partial charge in [0.2, 0.25) is 0 Å². The van der Waals surface area contributed by atoms with Crippen molar-refractivity contribution in [3.63, 3.8) is 0 Å². The fourth-order valence-electron chi connectivity index (χ4n) is 2.55. The Hall–Kier alpha value is -3.40. The number of para-hydroxylation sites is 1. The molecule has 0 aliphatic rings. The van der Waals surface area contributed by atoms with Crippen LogP contribution < -0.4 is 5.32 Å². The van der Waals surface area contributed by atoms with Crippen LogP contribution in [0, 0.1) is 0 Å². The molecular weight excluding hydrogens is 296 g/mol. The summed E-state index contributed by atoms with van der Waals surface area (Å²) in [5.74, 6) is 1.66. The lowest BCUT2D eigenvalue weighted by Gasteiger charge is -2.08. The Morgan fingerprint density at radius 2 is 1.46 bits per heavy atom. The van der Waals surface area contributed by atoms with Crippen molar-refractivity contribution in [2.75, 3.05) is 5.32 Å². The zero-order valence-electron chi connectivity index (χ0n) is 13.0. The van der Waals surface area contributed by atoms with Gasteiger partial charge in [-0.3, -0.25) is 0 Å². The van der Waals surface area contributed by atoms with Crippen molar-refractivity contribution in [2.24, 2.45) is 0 Å². The van der Waals surface area contributed by atoms with Crippen molar-refractivity contribution in [1.29, 1.82) is 0 Å². The third-order valence-electron chi connectivity index (χ3n) is 3.70. The quantitative estimate of drug-likeness (QED) is 0.595. The second-order valence-electron chi connectivity index (χ2n) is 5.37.